The molecule has 0 radical (unpaired) electrons. The Labute approximate surface area is 123 Å². The number of carbonyl (C=O) groups excluding carboxylic acids is 1. The minimum atomic E-state index is -1.11. The Kier molecular flexibility index (Phi) is 3.89. The fourth-order valence-electron chi connectivity index (χ4n) is 1.81. The summed E-state index contributed by atoms with van der Waals surface area (Å²) in [7, 11) is 1.71. The van der Waals surface area contributed by atoms with E-state index in [4.69, 9.17) is 5.11 Å². The van der Waals surface area contributed by atoms with Crippen molar-refractivity contribution in [2.24, 2.45) is 7.05 Å². The first kappa shape index (κ1) is 14.3. The number of hydrogen-bond acceptors (Lipinski definition) is 3. The van der Waals surface area contributed by atoms with Crippen molar-refractivity contribution in [1.29, 1.82) is 0 Å². The summed E-state index contributed by atoms with van der Waals surface area (Å²) in [4.78, 5) is 23.3. The molecule has 1 aromatic carbocycles. The molecule has 20 heavy (non-hydrogen) atoms. The van der Waals surface area contributed by atoms with Gasteiger partial charge in [0.05, 0.1) is 22.5 Å². The number of rotatable bonds is 3. The Hall–Kier alpha value is -2.15. The molecule has 104 valence electrons. The molecular weight excluding hydrogens is 326 g/mol. The molecule has 6 nitrogen and oxygen atoms in total. The van der Waals surface area contributed by atoms with Crippen molar-refractivity contribution in [3.05, 3.63) is 45.7 Å². The van der Waals surface area contributed by atoms with Gasteiger partial charge in [-0.05, 0) is 25.1 Å². The average Bonchev–Trinajstić information content (AvgIpc) is 2.70. The highest BCUT2D eigenvalue weighted by Gasteiger charge is 2.16. The van der Waals surface area contributed by atoms with Crippen LogP contribution in [-0.4, -0.2) is 26.8 Å². The number of hydrogen-bond donors (Lipinski definition) is 2. The highest BCUT2D eigenvalue weighted by Crippen LogP contribution is 2.22. The van der Waals surface area contributed by atoms with Crippen LogP contribution in [-0.2, 0) is 7.05 Å². The predicted octanol–water partition coefficient (Wildman–Crippen LogP) is 2.44. The van der Waals surface area contributed by atoms with Crippen molar-refractivity contribution in [1.82, 2.24) is 9.78 Å². The summed E-state index contributed by atoms with van der Waals surface area (Å²) < 4.78 is 2.16. The molecule has 2 aromatic rings. The van der Waals surface area contributed by atoms with Crippen LogP contribution in [0.2, 0.25) is 0 Å². The van der Waals surface area contributed by atoms with E-state index < -0.39 is 5.97 Å². The summed E-state index contributed by atoms with van der Waals surface area (Å²) in [6, 6.07) is 4.64. The minimum absolute atomic E-state index is 0.0225. The maximum Gasteiger partial charge on any atom is 0.337 e. The van der Waals surface area contributed by atoms with Crippen molar-refractivity contribution >= 4 is 33.5 Å². The number of halogens is 1. The molecule has 0 atom stereocenters. The molecule has 0 spiro atoms. The molecule has 1 heterocycles. The fraction of sp³-hybridized carbons (Fsp3) is 0.154. The number of nitrogens with zero attached hydrogens (tertiary/aromatic N) is 2. The molecule has 2 rings (SSSR count). The molecule has 0 bridgehead atoms. The van der Waals surface area contributed by atoms with Crippen LogP contribution in [0.1, 0.15) is 26.4 Å². The van der Waals surface area contributed by atoms with Crippen LogP contribution in [0, 0.1) is 6.92 Å². The number of carboxylic acid groups (broad SMARTS) is 1. The van der Waals surface area contributed by atoms with Crippen LogP contribution in [0.15, 0.2) is 28.9 Å². The molecule has 0 unspecified atom stereocenters. The molecule has 1 amide bonds. The molecule has 0 aliphatic heterocycles. The number of nitrogens with one attached hydrogen (secondary N) is 1. The number of aromatic carboxylic acids is 1. The van der Waals surface area contributed by atoms with E-state index in [2.05, 4.69) is 26.3 Å². The Morgan fingerprint density at radius 3 is 2.60 bits per heavy atom. The second-order valence-corrected chi connectivity index (χ2v) is 5.17. The minimum Gasteiger partial charge on any atom is -0.478 e. The summed E-state index contributed by atoms with van der Waals surface area (Å²) in [6.45, 7) is 1.72. The second-order valence-electron chi connectivity index (χ2n) is 4.25. The molecule has 0 saturated heterocycles. The largest absolute Gasteiger partial charge is 0.478 e. The summed E-state index contributed by atoms with van der Waals surface area (Å²) in [5.41, 5.74) is 1.26. The van der Waals surface area contributed by atoms with E-state index in [1.54, 1.807) is 26.2 Å². The molecule has 1 aromatic heterocycles. The van der Waals surface area contributed by atoms with Gasteiger partial charge >= 0.3 is 5.97 Å². The zero-order chi connectivity index (χ0) is 14.9. The van der Waals surface area contributed by atoms with Crippen LogP contribution in [0.4, 0.5) is 5.69 Å². The van der Waals surface area contributed by atoms with E-state index in [9.17, 15) is 9.59 Å². The van der Waals surface area contributed by atoms with E-state index in [0.717, 1.165) is 0 Å². The Balaban J connectivity index is 2.33. The third-order valence-corrected chi connectivity index (χ3v) is 3.21. The maximum absolute atomic E-state index is 12.1. The second kappa shape index (κ2) is 5.46. The molecule has 0 saturated carbocycles. The van der Waals surface area contributed by atoms with Crippen molar-refractivity contribution in [2.75, 3.05) is 5.32 Å². The maximum atomic E-state index is 12.1. The van der Waals surface area contributed by atoms with Crippen LogP contribution < -0.4 is 5.32 Å². The monoisotopic (exact) mass is 337 g/mol. The van der Waals surface area contributed by atoms with Gasteiger partial charge in [-0.15, -0.1) is 0 Å². The quantitative estimate of drug-likeness (QED) is 0.900. The predicted molar refractivity (Wildman–Crippen MR) is 77.0 cm³/mol. The van der Waals surface area contributed by atoms with Crippen LogP contribution >= 0.6 is 15.9 Å². The van der Waals surface area contributed by atoms with Crippen molar-refractivity contribution in [2.45, 2.75) is 6.92 Å². The van der Waals surface area contributed by atoms with E-state index >= 15 is 0 Å². The first-order valence-corrected chi connectivity index (χ1v) is 6.52. The van der Waals surface area contributed by atoms with Crippen LogP contribution in [0.5, 0.6) is 0 Å². The lowest BCUT2D eigenvalue weighted by atomic mass is 10.1. The van der Waals surface area contributed by atoms with Gasteiger partial charge in [0.25, 0.3) is 5.91 Å². The SMILES string of the molecule is Cc1nn(C)cc1C(=O)Nc1ccc(Br)cc1C(=O)O. The lowest BCUT2D eigenvalue weighted by molar-refractivity contribution is 0.0698. The Morgan fingerprint density at radius 2 is 2.05 bits per heavy atom. The zero-order valence-corrected chi connectivity index (χ0v) is 12.4. The van der Waals surface area contributed by atoms with Gasteiger partial charge in [0.2, 0.25) is 0 Å². The van der Waals surface area contributed by atoms with Gasteiger partial charge < -0.3 is 10.4 Å². The van der Waals surface area contributed by atoms with Gasteiger partial charge in [-0.3, -0.25) is 9.48 Å². The molecule has 0 aliphatic rings. The summed E-state index contributed by atoms with van der Waals surface area (Å²) >= 11 is 3.20. The topological polar surface area (TPSA) is 84.2 Å². The number of benzene rings is 1. The van der Waals surface area contributed by atoms with Gasteiger partial charge in [0, 0.05) is 17.7 Å². The van der Waals surface area contributed by atoms with Gasteiger partial charge in [0.15, 0.2) is 0 Å². The standard InChI is InChI=1S/C13H12BrN3O3/c1-7-10(6-17(2)16-7)12(18)15-11-4-3-8(14)5-9(11)13(19)20/h3-6H,1-2H3,(H,15,18)(H,19,20). The van der Waals surface area contributed by atoms with Gasteiger partial charge in [0.1, 0.15) is 0 Å². The highest BCUT2D eigenvalue weighted by molar-refractivity contribution is 9.10. The van der Waals surface area contributed by atoms with Gasteiger partial charge in [-0.2, -0.15) is 5.10 Å². The number of carboxylic acids is 1. The molecule has 0 aliphatic carbocycles. The number of anilines is 1. The highest BCUT2D eigenvalue weighted by atomic mass is 79.9. The third-order valence-electron chi connectivity index (χ3n) is 2.72. The first-order valence-electron chi connectivity index (χ1n) is 5.73. The molecular formula is C13H12BrN3O3. The summed E-state index contributed by atoms with van der Waals surface area (Å²) in [5, 5.41) is 15.8. The van der Waals surface area contributed by atoms with Gasteiger partial charge in [-0.25, -0.2) is 4.79 Å². The van der Waals surface area contributed by atoms with Gasteiger partial charge in [-0.1, -0.05) is 15.9 Å². The average molecular weight is 338 g/mol. The van der Waals surface area contributed by atoms with Crippen LogP contribution in [0.25, 0.3) is 0 Å². The van der Waals surface area contributed by atoms with Crippen molar-refractivity contribution in [3.8, 4) is 0 Å². The number of amides is 1. The number of aromatic nitrogens is 2. The first-order chi connectivity index (χ1) is 9.38. The number of carbonyl (C=O) groups is 2. The molecule has 7 heteroatoms. The smallest absolute Gasteiger partial charge is 0.337 e. The molecule has 2 N–H and O–H groups in total. The van der Waals surface area contributed by atoms with E-state index in [-0.39, 0.29) is 17.2 Å². The lowest BCUT2D eigenvalue weighted by Gasteiger charge is -2.08. The molecule has 0 fully saturated rings. The van der Waals surface area contributed by atoms with E-state index in [1.165, 1.54) is 16.8 Å². The lowest BCUT2D eigenvalue weighted by Crippen LogP contribution is -2.15. The zero-order valence-electron chi connectivity index (χ0n) is 10.8. The van der Waals surface area contributed by atoms with E-state index in [0.29, 0.717) is 15.7 Å². The van der Waals surface area contributed by atoms with Crippen molar-refractivity contribution in [3.63, 3.8) is 0 Å². The Bertz CT molecular complexity index is 694. The Morgan fingerprint density at radius 1 is 1.35 bits per heavy atom. The summed E-state index contributed by atoms with van der Waals surface area (Å²) in [5.74, 6) is -1.50. The van der Waals surface area contributed by atoms with Crippen LogP contribution in [0.3, 0.4) is 0 Å². The summed E-state index contributed by atoms with van der Waals surface area (Å²) in [6.07, 6.45) is 1.59. The normalized spacial score (nSPS) is 10.3. The third kappa shape index (κ3) is 2.88. The fourth-order valence-corrected chi connectivity index (χ4v) is 2.18. The van der Waals surface area contributed by atoms with E-state index in [1.807, 2.05) is 0 Å². The number of aryl methyl sites for hydroxylation is 2. The van der Waals surface area contributed by atoms with Crippen molar-refractivity contribution < 1.29 is 14.7 Å².